The van der Waals surface area contributed by atoms with Gasteiger partial charge in [0.1, 0.15) is 11.4 Å². The maximum atomic E-state index is 14.9. The first-order valence-corrected chi connectivity index (χ1v) is 9.87. The van der Waals surface area contributed by atoms with E-state index >= 15 is 0 Å². The highest BCUT2D eigenvalue weighted by molar-refractivity contribution is 14.2. The monoisotopic (exact) mass is 562 g/mol. The third kappa shape index (κ3) is 4.51. The van der Waals surface area contributed by atoms with Gasteiger partial charge in [-0.15, -0.1) is 0 Å². The van der Waals surface area contributed by atoms with E-state index in [1.807, 2.05) is 25.8 Å². The Morgan fingerprint density at radius 3 is 2.42 bits per heavy atom. The summed E-state index contributed by atoms with van der Waals surface area (Å²) in [5, 5.41) is 11.2. The minimum atomic E-state index is -1.89. The fourth-order valence-electron chi connectivity index (χ4n) is 2.32. The summed E-state index contributed by atoms with van der Waals surface area (Å²) in [7, 11) is 3.45. The number of alkyl halides is 3. The molecule has 24 heavy (non-hydrogen) atoms. The molecule has 1 aromatic rings. The predicted molar refractivity (Wildman–Crippen MR) is 115 cm³/mol. The highest BCUT2D eigenvalue weighted by atomic mass is 127. The highest BCUT2D eigenvalue weighted by Gasteiger charge is 2.53. The van der Waals surface area contributed by atoms with E-state index in [1.54, 1.807) is 77.5 Å². The van der Waals surface area contributed by atoms with Gasteiger partial charge in [0.25, 0.3) is 0 Å². The lowest BCUT2D eigenvalue weighted by Gasteiger charge is -2.39. The lowest BCUT2D eigenvalue weighted by Crippen LogP contribution is -2.44. The quantitative estimate of drug-likeness (QED) is 0.222. The third-order valence-corrected chi connectivity index (χ3v) is 5.73. The molecule has 0 saturated carbocycles. The van der Waals surface area contributed by atoms with Gasteiger partial charge in [0.05, 0.1) is 19.1 Å². The Kier molecular flexibility index (Phi) is 7.73. The minimum Gasteiger partial charge on any atom is -0.496 e. The number of hydrogen-bond donors (Lipinski definition) is 1. The summed E-state index contributed by atoms with van der Waals surface area (Å²) in [4.78, 5) is 6.41. The van der Waals surface area contributed by atoms with Crippen LogP contribution in [0.15, 0.2) is 17.1 Å². The summed E-state index contributed by atoms with van der Waals surface area (Å²) in [6.07, 6.45) is 1.74. The molecule has 0 fully saturated rings. The van der Waals surface area contributed by atoms with E-state index in [0.29, 0.717) is 11.3 Å². The van der Waals surface area contributed by atoms with Gasteiger partial charge in [0, 0.05) is 25.2 Å². The normalized spacial score (nSPS) is 15.0. The molecule has 1 aromatic carbocycles. The maximum Gasteiger partial charge on any atom is 0.243 e. The number of nitrogens with zero attached hydrogens (tertiary/aromatic N) is 2. The molecule has 0 aromatic heterocycles. The highest BCUT2D eigenvalue weighted by Crippen LogP contribution is 2.53. The molecule has 1 N–H and O–H groups in total. The average Bonchev–Trinajstić information content (AvgIpc) is 2.50. The molecule has 0 aliphatic rings. The van der Waals surface area contributed by atoms with E-state index in [0.717, 1.165) is 17.8 Å². The van der Waals surface area contributed by atoms with Gasteiger partial charge in [-0.1, -0.05) is 13.8 Å². The molecule has 0 aliphatic heterocycles. The molecule has 0 spiro atoms. The van der Waals surface area contributed by atoms with Crippen molar-refractivity contribution in [1.82, 2.24) is 4.90 Å². The second-order valence-electron chi connectivity index (χ2n) is 6.08. The number of ether oxygens (including phenoxy) is 1. The van der Waals surface area contributed by atoms with Crippen LogP contribution in [0, 0.1) is 12.8 Å². The molecule has 0 bridgehead atoms. The zero-order valence-corrected chi connectivity index (χ0v) is 19.2. The van der Waals surface area contributed by atoms with E-state index < -0.39 is 7.28 Å². The number of methoxy groups -OCH3 is 1. The fraction of sp³-hybridized carbons (Fsp3) is 0.588. The second-order valence-corrected chi connectivity index (χ2v) is 11.1. The van der Waals surface area contributed by atoms with Crippen LogP contribution in [0.5, 0.6) is 5.75 Å². The summed E-state index contributed by atoms with van der Waals surface area (Å²) >= 11 is 3.27. The predicted octanol–water partition coefficient (Wildman–Crippen LogP) is 4.95. The number of rotatable bonds is 7. The SMILES string of the molecule is CCN(C)/C=N/c1cc(OC)c(C(O)(C(C)C)C(F)(I)I)cc1C. The Bertz CT molecular complexity index is 603. The number of aliphatic imine (C=N–C) groups is 1. The molecular weight excluding hydrogens is 537 g/mol. The standard InChI is InChI=1S/C17H25FI2N2O2/c1-7-22(5)10-21-14-9-15(24-6)13(8-12(14)4)16(23,11(2)3)17(18,19)20/h8-11,23H,7H2,1-6H3/b21-10+. The molecule has 0 amide bonds. The van der Waals surface area contributed by atoms with Gasteiger partial charge in [0.2, 0.25) is 1.68 Å². The Morgan fingerprint density at radius 2 is 2.00 bits per heavy atom. The van der Waals surface area contributed by atoms with E-state index in [2.05, 4.69) is 4.99 Å². The van der Waals surface area contributed by atoms with Crippen LogP contribution in [0.4, 0.5) is 10.1 Å². The molecule has 0 heterocycles. The zero-order chi connectivity index (χ0) is 18.7. The first kappa shape index (κ1) is 21.9. The maximum absolute atomic E-state index is 14.9. The van der Waals surface area contributed by atoms with Gasteiger partial charge in [-0.05, 0) is 76.6 Å². The lowest BCUT2D eigenvalue weighted by atomic mass is 9.83. The van der Waals surface area contributed by atoms with Crippen LogP contribution < -0.4 is 4.74 Å². The van der Waals surface area contributed by atoms with Gasteiger partial charge in [-0.25, -0.2) is 9.38 Å². The summed E-state index contributed by atoms with van der Waals surface area (Å²) in [6, 6.07) is 3.51. The molecule has 4 nitrogen and oxygen atoms in total. The smallest absolute Gasteiger partial charge is 0.243 e. The largest absolute Gasteiger partial charge is 0.496 e. The third-order valence-electron chi connectivity index (χ3n) is 4.09. The number of halogens is 3. The van der Waals surface area contributed by atoms with Crippen LogP contribution in [0.2, 0.25) is 0 Å². The Hall–Kier alpha value is -0.160. The van der Waals surface area contributed by atoms with Crippen molar-refractivity contribution in [3.63, 3.8) is 0 Å². The van der Waals surface area contributed by atoms with Gasteiger partial charge >= 0.3 is 0 Å². The summed E-state index contributed by atoms with van der Waals surface area (Å²) < 4.78 is 18.4. The topological polar surface area (TPSA) is 45.1 Å². The molecule has 7 heteroatoms. The van der Waals surface area contributed by atoms with Crippen LogP contribution in [-0.4, -0.2) is 38.7 Å². The van der Waals surface area contributed by atoms with Crippen molar-refractivity contribution in [3.8, 4) is 5.75 Å². The minimum absolute atomic E-state index is 0.342. The van der Waals surface area contributed by atoms with Crippen molar-refractivity contribution < 1.29 is 14.2 Å². The van der Waals surface area contributed by atoms with E-state index in [4.69, 9.17) is 4.74 Å². The molecular formula is C17H25FI2N2O2. The summed E-state index contributed by atoms with van der Waals surface area (Å²) in [6.45, 7) is 8.36. The summed E-state index contributed by atoms with van der Waals surface area (Å²) in [5.41, 5.74) is 0.329. The van der Waals surface area contributed by atoms with Crippen LogP contribution in [0.3, 0.4) is 0 Å². The van der Waals surface area contributed by atoms with Crippen molar-refractivity contribution in [2.45, 2.75) is 35.0 Å². The second kappa shape index (κ2) is 8.48. The average molecular weight is 562 g/mol. The van der Waals surface area contributed by atoms with Gasteiger partial charge in [-0.2, -0.15) is 0 Å². The number of aryl methyl sites for hydroxylation is 1. The van der Waals surface area contributed by atoms with Gasteiger partial charge in [0.15, 0.2) is 0 Å². The number of benzene rings is 1. The van der Waals surface area contributed by atoms with E-state index in [9.17, 15) is 9.50 Å². The van der Waals surface area contributed by atoms with E-state index in [1.165, 1.54) is 7.11 Å². The Labute approximate surface area is 171 Å². The molecule has 1 rings (SSSR count). The molecule has 0 aliphatic carbocycles. The van der Waals surface area contributed by atoms with Crippen LogP contribution in [0.1, 0.15) is 31.9 Å². The molecule has 0 radical (unpaired) electrons. The van der Waals surface area contributed by atoms with Crippen molar-refractivity contribution in [3.05, 3.63) is 23.3 Å². The van der Waals surface area contributed by atoms with Crippen LogP contribution in [0.25, 0.3) is 0 Å². The molecule has 1 unspecified atom stereocenters. The zero-order valence-electron chi connectivity index (χ0n) is 14.9. The van der Waals surface area contributed by atoms with Crippen molar-refractivity contribution in [2.75, 3.05) is 20.7 Å². The first-order chi connectivity index (χ1) is 11.0. The number of aliphatic hydroxyl groups is 1. The number of hydrogen-bond acceptors (Lipinski definition) is 3. The van der Waals surface area contributed by atoms with Crippen molar-refractivity contribution >= 4 is 57.2 Å². The van der Waals surface area contributed by atoms with E-state index in [-0.39, 0.29) is 5.92 Å². The Morgan fingerprint density at radius 1 is 1.42 bits per heavy atom. The van der Waals surface area contributed by atoms with Crippen LogP contribution in [-0.2, 0) is 5.60 Å². The van der Waals surface area contributed by atoms with Crippen molar-refractivity contribution in [1.29, 1.82) is 0 Å². The molecule has 136 valence electrons. The van der Waals surface area contributed by atoms with Crippen molar-refractivity contribution in [2.24, 2.45) is 10.9 Å². The van der Waals surface area contributed by atoms with Gasteiger partial charge in [-0.3, -0.25) is 0 Å². The fourth-order valence-corrected chi connectivity index (χ4v) is 4.14. The lowest BCUT2D eigenvalue weighted by molar-refractivity contribution is -0.0473. The molecule has 1 atom stereocenters. The molecule has 0 saturated heterocycles. The van der Waals surface area contributed by atoms with Crippen LogP contribution >= 0.6 is 45.2 Å². The Balaban J connectivity index is 3.51. The summed E-state index contributed by atoms with van der Waals surface area (Å²) in [5.74, 6) is 0.0867. The first-order valence-electron chi connectivity index (χ1n) is 7.71. The van der Waals surface area contributed by atoms with Gasteiger partial charge < -0.3 is 14.7 Å².